The van der Waals surface area contributed by atoms with Gasteiger partial charge in [0.25, 0.3) is 0 Å². The molecule has 112 valence electrons. The molecule has 1 N–H and O–H groups in total. The molecule has 7 heteroatoms. The zero-order chi connectivity index (χ0) is 15.3. The maximum atomic E-state index is 12.4. The first-order valence-corrected chi connectivity index (χ1v) is 7.98. The second kappa shape index (κ2) is 7.64. The number of halogens is 1. The summed E-state index contributed by atoms with van der Waals surface area (Å²) in [5.74, 6) is -0.995. The summed E-state index contributed by atoms with van der Waals surface area (Å²) in [7, 11) is 1.69. The first-order valence-electron chi connectivity index (χ1n) is 6.31. The van der Waals surface area contributed by atoms with Crippen molar-refractivity contribution in [3.8, 4) is 0 Å². The molecule has 0 aromatic carbocycles. The fourth-order valence-electron chi connectivity index (χ4n) is 1.77. The van der Waals surface area contributed by atoms with Gasteiger partial charge in [0.1, 0.15) is 6.54 Å². The third kappa shape index (κ3) is 4.79. The lowest BCUT2D eigenvalue weighted by molar-refractivity contribution is -0.138. The molecule has 1 heterocycles. The van der Waals surface area contributed by atoms with Crippen LogP contribution < -0.4 is 0 Å². The van der Waals surface area contributed by atoms with Crippen molar-refractivity contribution >= 4 is 39.3 Å². The first kappa shape index (κ1) is 17.0. The van der Waals surface area contributed by atoms with Crippen LogP contribution in [-0.2, 0) is 11.3 Å². The van der Waals surface area contributed by atoms with E-state index < -0.39 is 5.97 Å². The number of hydrogen-bond donors (Lipinski definition) is 1. The van der Waals surface area contributed by atoms with Crippen LogP contribution in [-0.4, -0.2) is 46.5 Å². The molecule has 5 nitrogen and oxygen atoms in total. The topological polar surface area (TPSA) is 60.9 Å². The Labute approximate surface area is 131 Å². The third-order valence-electron chi connectivity index (χ3n) is 3.04. The number of carboxylic acid groups (broad SMARTS) is 1. The largest absolute Gasteiger partial charge is 0.480 e. The van der Waals surface area contributed by atoms with Crippen LogP contribution >= 0.6 is 27.3 Å². The van der Waals surface area contributed by atoms with E-state index in [4.69, 9.17) is 5.11 Å². The van der Waals surface area contributed by atoms with Crippen LogP contribution in [0.2, 0.25) is 0 Å². The molecule has 0 fully saturated rings. The Morgan fingerprint density at radius 3 is 2.60 bits per heavy atom. The minimum absolute atomic E-state index is 0.102. The fraction of sp³-hybridized carbons (Fsp3) is 0.538. The average molecular weight is 363 g/mol. The van der Waals surface area contributed by atoms with E-state index in [0.717, 1.165) is 15.8 Å². The summed E-state index contributed by atoms with van der Waals surface area (Å²) in [5.41, 5.74) is 1.03. The van der Waals surface area contributed by atoms with Gasteiger partial charge in [-0.25, -0.2) is 4.79 Å². The van der Waals surface area contributed by atoms with Gasteiger partial charge >= 0.3 is 12.0 Å². The molecule has 20 heavy (non-hydrogen) atoms. The second-order valence-electron chi connectivity index (χ2n) is 4.68. The summed E-state index contributed by atoms with van der Waals surface area (Å²) in [6, 6.07) is 1.60. The van der Waals surface area contributed by atoms with E-state index in [1.54, 1.807) is 23.3 Å². The highest BCUT2D eigenvalue weighted by atomic mass is 79.9. The van der Waals surface area contributed by atoms with Crippen LogP contribution in [0.15, 0.2) is 15.2 Å². The van der Waals surface area contributed by atoms with Crippen LogP contribution in [0.5, 0.6) is 0 Å². The molecule has 0 aliphatic rings. The Kier molecular flexibility index (Phi) is 6.48. The maximum Gasteiger partial charge on any atom is 0.323 e. The highest BCUT2D eigenvalue weighted by molar-refractivity contribution is 9.11. The molecule has 2 amide bonds. The van der Waals surface area contributed by atoms with Crippen molar-refractivity contribution in [2.75, 3.05) is 13.6 Å². The van der Waals surface area contributed by atoms with Gasteiger partial charge in [-0.3, -0.25) is 4.79 Å². The lowest BCUT2D eigenvalue weighted by Crippen LogP contribution is -2.47. The number of amides is 2. The molecule has 1 aromatic rings. The highest BCUT2D eigenvalue weighted by Gasteiger charge is 2.24. The number of carboxylic acids is 1. The quantitative estimate of drug-likeness (QED) is 0.844. The molecular formula is C13H19BrN2O3S. The normalized spacial score (nSPS) is 12.0. The Hall–Kier alpha value is -1.08. The lowest BCUT2D eigenvalue weighted by atomic mass is 10.2. The second-order valence-corrected chi connectivity index (χ2v) is 6.97. The molecule has 0 saturated carbocycles. The number of thiophene rings is 1. The van der Waals surface area contributed by atoms with Gasteiger partial charge in [0.15, 0.2) is 0 Å². The molecule has 0 radical (unpaired) electrons. The van der Waals surface area contributed by atoms with Crippen LogP contribution in [0.4, 0.5) is 4.79 Å². The van der Waals surface area contributed by atoms with Crippen molar-refractivity contribution in [3.05, 3.63) is 20.8 Å². The molecule has 0 aliphatic carbocycles. The van der Waals surface area contributed by atoms with Crippen LogP contribution in [0.3, 0.4) is 0 Å². The van der Waals surface area contributed by atoms with E-state index >= 15 is 0 Å². The molecular weight excluding hydrogens is 344 g/mol. The van der Waals surface area contributed by atoms with Gasteiger partial charge in [-0.05, 0) is 46.3 Å². The van der Waals surface area contributed by atoms with E-state index in [1.165, 1.54) is 4.90 Å². The molecule has 0 aliphatic heterocycles. The molecule has 1 rings (SSSR count). The Balaban J connectivity index is 2.74. The van der Waals surface area contributed by atoms with Crippen LogP contribution in [0.1, 0.15) is 25.8 Å². The number of carbonyl (C=O) groups excluding carboxylic acids is 1. The molecule has 1 atom stereocenters. The zero-order valence-electron chi connectivity index (χ0n) is 11.8. The number of rotatable bonds is 6. The number of nitrogens with zero attached hydrogens (tertiary/aromatic N) is 2. The standard InChI is InChI=1S/C13H19BrN2O3S/c1-4-9(2)16(7-12(17)18)13(19)15(3)6-10-5-11(14)20-8-10/h5,8-9H,4,6-7H2,1-3H3,(H,17,18). The molecule has 1 unspecified atom stereocenters. The Bertz CT molecular complexity index is 478. The summed E-state index contributed by atoms with van der Waals surface area (Å²) >= 11 is 4.94. The summed E-state index contributed by atoms with van der Waals surface area (Å²) in [6.45, 7) is 3.98. The van der Waals surface area contributed by atoms with Crippen molar-refractivity contribution in [3.63, 3.8) is 0 Å². The molecule has 0 bridgehead atoms. The van der Waals surface area contributed by atoms with Crippen molar-refractivity contribution in [1.82, 2.24) is 9.80 Å². The van der Waals surface area contributed by atoms with E-state index in [-0.39, 0.29) is 18.6 Å². The van der Waals surface area contributed by atoms with E-state index in [0.29, 0.717) is 6.54 Å². The molecule has 0 spiro atoms. The monoisotopic (exact) mass is 362 g/mol. The van der Waals surface area contributed by atoms with Crippen molar-refractivity contribution < 1.29 is 14.7 Å². The average Bonchev–Trinajstić information content (AvgIpc) is 2.79. The van der Waals surface area contributed by atoms with Gasteiger partial charge < -0.3 is 14.9 Å². The summed E-state index contributed by atoms with van der Waals surface area (Å²) in [6.07, 6.45) is 0.719. The smallest absolute Gasteiger partial charge is 0.323 e. The minimum Gasteiger partial charge on any atom is -0.480 e. The molecule has 1 aromatic heterocycles. The number of hydrogen-bond acceptors (Lipinski definition) is 3. The Morgan fingerprint density at radius 1 is 1.50 bits per heavy atom. The van der Waals surface area contributed by atoms with Crippen LogP contribution in [0.25, 0.3) is 0 Å². The van der Waals surface area contributed by atoms with E-state index in [1.807, 2.05) is 25.3 Å². The summed E-state index contributed by atoms with van der Waals surface area (Å²) in [5, 5.41) is 10.9. The van der Waals surface area contributed by atoms with E-state index in [9.17, 15) is 9.59 Å². The van der Waals surface area contributed by atoms with Crippen LogP contribution in [0, 0.1) is 0 Å². The van der Waals surface area contributed by atoms with Gasteiger partial charge in [0, 0.05) is 19.6 Å². The van der Waals surface area contributed by atoms with Gasteiger partial charge in [-0.15, -0.1) is 11.3 Å². The van der Waals surface area contributed by atoms with Gasteiger partial charge in [0.05, 0.1) is 3.79 Å². The highest BCUT2D eigenvalue weighted by Crippen LogP contribution is 2.22. The summed E-state index contributed by atoms with van der Waals surface area (Å²) < 4.78 is 1.01. The lowest BCUT2D eigenvalue weighted by Gasteiger charge is -2.31. The predicted molar refractivity (Wildman–Crippen MR) is 83.0 cm³/mol. The van der Waals surface area contributed by atoms with Crippen molar-refractivity contribution in [2.45, 2.75) is 32.9 Å². The summed E-state index contributed by atoms with van der Waals surface area (Å²) in [4.78, 5) is 26.2. The van der Waals surface area contributed by atoms with Gasteiger partial charge in [0.2, 0.25) is 0 Å². The predicted octanol–water partition coefficient (Wildman–Crippen LogP) is 3.25. The minimum atomic E-state index is -0.995. The third-order valence-corrected chi connectivity index (χ3v) is 4.60. The van der Waals surface area contributed by atoms with Gasteiger partial charge in [-0.1, -0.05) is 6.92 Å². The number of carbonyl (C=O) groups is 2. The van der Waals surface area contributed by atoms with Gasteiger partial charge in [-0.2, -0.15) is 0 Å². The van der Waals surface area contributed by atoms with Crippen molar-refractivity contribution in [2.24, 2.45) is 0 Å². The fourth-order valence-corrected chi connectivity index (χ4v) is 2.97. The SMILES string of the molecule is CCC(C)N(CC(=O)O)C(=O)N(C)Cc1csc(Br)c1. The van der Waals surface area contributed by atoms with Crippen molar-refractivity contribution in [1.29, 1.82) is 0 Å². The first-order chi connectivity index (χ1) is 9.35. The zero-order valence-corrected chi connectivity index (χ0v) is 14.2. The number of aliphatic carboxylic acids is 1. The molecule has 0 saturated heterocycles. The van der Waals surface area contributed by atoms with E-state index in [2.05, 4.69) is 15.9 Å². The number of urea groups is 1. The maximum absolute atomic E-state index is 12.4. The Morgan fingerprint density at radius 2 is 2.15 bits per heavy atom.